The Balaban J connectivity index is 2.06. The number of aromatic nitrogens is 1. The minimum atomic E-state index is 0.401. The van der Waals surface area contributed by atoms with Crippen LogP contribution in [-0.2, 0) is 0 Å². The van der Waals surface area contributed by atoms with E-state index < -0.39 is 0 Å². The Morgan fingerprint density at radius 3 is 2.63 bits per heavy atom. The van der Waals surface area contributed by atoms with Gasteiger partial charge in [-0.2, -0.15) is 0 Å². The van der Waals surface area contributed by atoms with Crippen LogP contribution in [-0.4, -0.2) is 4.98 Å². The number of nitrogen functional groups attached to an aromatic ring is 1. The van der Waals surface area contributed by atoms with E-state index in [2.05, 4.69) is 13.8 Å². The van der Waals surface area contributed by atoms with Crippen molar-refractivity contribution in [3.8, 4) is 0 Å². The predicted octanol–water partition coefficient (Wildman–Crippen LogP) is 4.58. The molecule has 19 heavy (non-hydrogen) atoms. The number of hydrogen-bond acceptors (Lipinski definition) is 3. The number of fused-ring (bicyclic) bond motifs is 1. The van der Waals surface area contributed by atoms with Gasteiger partial charge in [0.2, 0.25) is 0 Å². The quantitative estimate of drug-likeness (QED) is 0.802. The van der Waals surface area contributed by atoms with Crippen molar-refractivity contribution in [3.63, 3.8) is 0 Å². The van der Waals surface area contributed by atoms with Gasteiger partial charge in [-0.05, 0) is 30.9 Å². The first kappa shape index (κ1) is 12.5. The summed E-state index contributed by atoms with van der Waals surface area (Å²) in [5.41, 5.74) is 9.77. The molecule has 1 aliphatic rings. The maximum absolute atomic E-state index is 6.09. The molecule has 0 aliphatic heterocycles. The molecule has 0 radical (unpaired) electrons. The zero-order valence-corrected chi connectivity index (χ0v) is 11.8. The van der Waals surface area contributed by atoms with Gasteiger partial charge in [0.15, 0.2) is 11.5 Å². The van der Waals surface area contributed by atoms with Crippen LogP contribution in [0.15, 0.2) is 16.5 Å². The van der Waals surface area contributed by atoms with Crippen LogP contribution in [0.4, 0.5) is 5.69 Å². The topological polar surface area (TPSA) is 52.0 Å². The summed E-state index contributed by atoms with van der Waals surface area (Å²) in [5, 5.41) is 0. The van der Waals surface area contributed by atoms with Gasteiger partial charge in [-0.1, -0.05) is 33.1 Å². The number of rotatable bonds is 2. The first-order valence-corrected chi connectivity index (χ1v) is 7.35. The summed E-state index contributed by atoms with van der Waals surface area (Å²) in [5.74, 6) is 1.82. The highest BCUT2D eigenvalue weighted by Gasteiger charge is 2.22. The summed E-state index contributed by atoms with van der Waals surface area (Å²) in [4.78, 5) is 4.69. The number of benzene rings is 1. The standard InChI is InChI=1S/C16H22N2O/c1-10(2)13-8-12(17)9-14-15(13)19-16(18-14)11-6-4-3-5-7-11/h8-11H,3-7,17H2,1-2H3. The summed E-state index contributed by atoms with van der Waals surface area (Å²) in [7, 11) is 0. The van der Waals surface area contributed by atoms with Crippen LogP contribution < -0.4 is 5.73 Å². The fourth-order valence-corrected chi connectivity index (χ4v) is 3.05. The molecule has 0 atom stereocenters. The van der Waals surface area contributed by atoms with Crippen molar-refractivity contribution in [1.82, 2.24) is 4.98 Å². The van der Waals surface area contributed by atoms with Gasteiger partial charge < -0.3 is 10.2 Å². The molecule has 1 fully saturated rings. The molecule has 0 amide bonds. The molecule has 1 heterocycles. The number of nitrogens with two attached hydrogens (primary N) is 1. The molecule has 1 aromatic carbocycles. The lowest BCUT2D eigenvalue weighted by atomic mass is 9.89. The lowest BCUT2D eigenvalue weighted by Gasteiger charge is -2.17. The van der Waals surface area contributed by atoms with Crippen molar-refractivity contribution in [2.45, 2.75) is 57.8 Å². The first-order chi connectivity index (χ1) is 9.15. The molecular weight excluding hydrogens is 236 g/mol. The Hall–Kier alpha value is -1.51. The van der Waals surface area contributed by atoms with Crippen molar-refractivity contribution < 1.29 is 4.42 Å². The van der Waals surface area contributed by atoms with Crippen molar-refractivity contribution in [3.05, 3.63) is 23.6 Å². The molecule has 0 unspecified atom stereocenters. The van der Waals surface area contributed by atoms with E-state index in [1.165, 1.54) is 37.7 Å². The van der Waals surface area contributed by atoms with E-state index in [-0.39, 0.29) is 0 Å². The van der Waals surface area contributed by atoms with Crippen molar-refractivity contribution in [1.29, 1.82) is 0 Å². The summed E-state index contributed by atoms with van der Waals surface area (Å²) in [6.07, 6.45) is 6.35. The highest BCUT2D eigenvalue weighted by atomic mass is 16.3. The number of anilines is 1. The Bertz CT molecular complexity index is 580. The van der Waals surface area contributed by atoms with Crippen molar-refractivity contribution in [2.75, 3.05) is 5.73 Å². The molecule has 0 bridgehead atoms. The van der Waals surface area contributed by atoms with Crippen LogP contribution in [0, 0.1) is 0 Å². The minimum Gasteiger partial charge on any atom is -0.440 e. The average Bonchev–Trinajstić information content (AvgIpc) is 2.82. The molecule has 1 aliphatic carbocycles. The van der Waals surface area contributed by atoms with E-state index in [9.17, 15) is 0 Å². The molecular formula is C16H22N2O. The molecule has 3 rings (SSSR count). The molecule has 2 aromatic rings. The second-order valence-corrected chi connectivity index (χ2v) is 6.00. The molecule has 1 aromatic heterocycles. The Morgan fingerprint density at radius 1 is 1.21 bits per heavy atom. The highest BCUT2D eigenvalue weighted by molar-refractivity contribution is 5.81. The molecule has 0 saturated heterocycles. The fourth-order valence-electron chi connectivity index (χ4n) is 3.05. The molecule has 0 spiro atoms. The van der Waals surface area contributed by atoms with E-state index in [0.717, 1.165) is 22.7 Å². The van der Waals surface area contributed by atoms with Crippen LogP contribution in [0.5, 0.6) is 0 Å². The lowest BCUT2D eigenvalue weighted by Crippen LogP contribution is -2.04. The van der Waals surface area contributed by atoms with Gasteiger partial charge in [-0.25, -0.2) is 4.98 Å². The molecule has 2 N–H and O–H groups in total. The van der Waals surface area contributed by atoms with Crippen molar-refractivity contribution >= 4 is 16.8 Å². The maximum Gasteiger partial charge on any atom is 0.198 e. The maximum atomic E-state index is 6.09. The summed E-state index contributed by atoms with van der Waals surface area (Å²) in [6, 6.07) is 3.94. The van der Waals surface area contributed by atoms with Gasteiger partial charge >= 0.3 is 0 Å². The minimum absolute atomic E-state index is 0.401. The second kappa shape index (κ2) is 4.87. The summed E-state index contributed by atoms with van der Waals surface area (Å²) < 4.78 is 6.09. The van der Waals surface area contributed by atoms with E-state index in [4.69, 9.17) is 15.1 Å². The third kappa shape index (κ3) is 2.34. The largest absolute Gasteiger partial charge is 0.440 e. The van der Waals surface area contributed by atoms with Gasteiger partial charge in [0.05, 0.1) is 0 Å². The Morgan fingerprint density at radius 2 is 1.95 bits per heavy atom. The van der Waals surface area contributed by atoms with E-state index in [1.807, 2.05) is 12.1 Å². The van der Waals surface area contributed by atoms with Gasteiger partial charge in [0.25, 0.3) is 0 Å². The summed E-state index contributed by atoms with van der Waals surface area (Å²) >= 11 is 0. The van der Waals surface area contributed by atoms with Gasteiger partial charge in [0, 0.05) is 17.2 Å². The molecule has 1 saturated carbocycles. The SMILES string of the molecule is CC(C)c1cc(N)cc2nc(C3CCCCC3)oc12. The fraction of sp³-hybridized carbons (Fsp3) is 0.562. The lowest BCUT2D eigenvalue weighted by molar-refractivity contribution is 0.373. The Labute approximate surface area is 114 Å². The van der Waals surface area contributed by atoms with Crippen LogP contribution in [0.3, 0.4) is 0 Å². The highest BCUT2D eigenvalue weighted by Crippen LogP contribution is 2.36. The zero-order valence-electron chi connectivity index (χ0n) is 11.8. The molecule has 3 heteroatoms. The zero-order chi connectivity index (χ0) is 13.4. The predicted molar refractivity (Wildman–Crippen MR) is 78.3 cm³/mol. The Kier molecular flexibility index (Phi) is 3.21. The smallest absolute Gasteiger partial charge is 0.198 e. The molecule has 3 nitrogen and oxygen atoms in total. The third-order valence-electron chi connectivity index (χ3n) is 4.13. The second-order valence-electron chi connectivity index (χ2n) is 6.00. The number of oxazole rings is 1. The van der Waals surface area contributed by atoms with Gasteiger partial charge in [-0.15, -0.1) is 0 Å². The first-order valence-electron chi connectivity index (χ1n) is 7.35. The summed E-state index contributed by atoms with van der Waals surface area (Å²) in [6.45, 7) is 4.33. The van der Waals surface area contributed by atoms with Crippen LogP contribution in [0.1, 0.15) is 69.2 Å². The van der Waals surface area contributed by atoms with Crippen molar-refractivity contribution in [2.24, 2.45) is 0 Å². The molecule has 102 valence electrons. The average molecular weight is 258 g/mol. The van der Waals surface area contributed by atoms with E-state index in [1.54, 1.807) is 0 Å². The van der Waals surface area contributed by atoms with E-state index >= 15 is 0 Å². The van der Waals surface area contributed by atoms with Crippen LogP contribution in [0.25, 0.3) is 11.1 Å². The number of nitrogens with zero attached hydrogens (tertiary/aromatic N) is 1. The van der Waals surface area contributed by atoms with Gasteiger partial charge in [-0.3, -0.25) is 0 Å². The van der Waals surface area contributed by atoms with E-state index in [0.29, 0.717) is 11.8 Å². The van der Waals surface area contributed by atoms with Crippen LogP contribution >= 0.6 is 0 Å². The third-order valence-corrected chi connectivity index (χ3v) is 4.13. The van der Waals surface area contributed by atoms with Crippen LogP contribution in [0.2, 0.25) is 0 Å². The number of hydrogen-bond donors (Lipinski definition) is 1. The van der Waals surface area contributed by atoms with Gasteiger partial charge in [0.1, 0.15) is 5.52 Å². The monoisotopic (exact) mass is 258 g/mol. The normalized spacial score (nSPS) is 17.4.